The fourth-order valence-corrected chi connectivity index (χ4v) is 2.81. The normalized spacial score (nSPS) is 10.8. The topological polar surface area (TPSA) is 75.3 Å². The van der Waals surface area contributed by atoms with E-state index in [1.165, 1.54) is 25.2 Å². The van der Waals surface area contributed by atoms with Crippen LogP contribution in [0.3, 0.4) is 0 Å². The van der Waals surface area contributed by atoms with E-state index in [1.54, 1.807) is 24.3 Å². The predicted octanol–water partition coefficient (Wildman–Crippen LogP) is 2.48. The van der Waals surface area contributed by atoms with Crippen molar-refractivity contribution in [3.63, 3.8) is 0 Å². The number of sulfonamides is 1. The summed E-state index contributed by atoms with van der Waals surface area (Å²) in [5, 5.41) is 2.78. The largest absolute Gasteiger partial charge is 0.322 e. The van der Waals surface area contributed by atoms with Gasteiger partial charge in [0.25, 0.3) is 5.91 Å². The van der Waals surface area contributed by atoms with Gasteiger partial charge in [0.05, 0.1) is 15.5 Å². The molecule has 1 amide bonds. The Kier molecular flexibility index (Phi) is 5.06. The van der Waals surface area contributed by atoms with Crippen molar-refractivity contribution in [1.29, 1.82) is 0 Å². The Morgan fingerprint density at radius 2 is 1.96 bits per heavy atom. The molecule has 0 fully saturated rings. The summed E-state index contributed by atoms with van der Waals surface area (Å²) in [7, 11) is -2.38. The first-order valence-corrected chi connectivity index (χ1v) is 8.34. The Bertz CT molecular complexity index is 902. The lowest BCUT2D eigenvalue weighted by molar-refractivity contribution is 0.102. The van der Waals surface area contributed by atoms with E-state index in [0.717, 1.165) is 0 Å². The Labute approximate surface area is 139 Å². The van der Waals surface area contributed by atoms with Crippen molar-refractivity contribution in [2.45, 2.75) is 4.90 Å². The van der Waals surface area contributed by atoms with Gasteiger partial charge >= 0.3 is 0 Å². The molecule has 0 aliphatic carbocycles. The SMILES string of the molecule is C#Cc1cccc(NC(=O)c2cc(S(=O)(=O)NC)ccc2Cl)c1. The van der Waals surface area contributed by atoms with Crippen molar-refractivity contribution in [3.05, 3.63) is 58.6 Å². The van der Waals surface area contributed by atoms with Crippen LogP contribution in [0.2, 0.25) is 5.02 Å². The number of hydrogen-bond acceptors (Lipinski definition) is 3. The molecule has 2 N–H and O–H groups in total. The standard InChI is InChI=1S/C16H13ClN2O3S/c1-3-11-5-4-6-12(9-11)19-16(20)14-10-13(7-8-15(14)17)23(21,22)18-2/h1,4-10,18H,2H3,(H,19,20). The van der Waals surface area contributed by atoms with Crippen LogP contribution in [-0.4, -0.2) is 21.4 Å². The first-order valence-electron chi connectivity index (χ1n) is 6.48. The first-order chi connectivity index (χ1) is 10.9. The molecule has 0 bridgehead atoms. The quantitative estimate of drug-likeness (QED) is 0.833. The van der Waals surface area contributed by atoms with Crippen LogP contribution in [0.4, 0.5) is 5.69 Å². The van der Waals surface area contributed by atoms with Gasteiger partial charge in [0, 0.05) is 11.3 Å². The van der Waals surface area contributed by atoms with Gasteiger partial charge in [-0.05, 0) is 43.4 Å². The molecule has 2 aromatic carbocycles. The molecule has 0 saturated heterocycles. The molecule has 0 radical (unpaired) electrons. The minimum atomic E-state index is -3.67. The van der Waals surface area contributed by atoms with E-state index in [2.05, 4.69) is 16.0 Å². The summed E-state index contributed by atoms with van der Waals surface area (Å²) in [4.78, 5) is 12.3. The van der Waals surface area contributed by atoms with Gasteiger partial charge in [-0.1, -0.05) is 23.6 Å². The molecular formula is C16H13ClN2O3S. The Balaban J connectivity index is 2.36. The highest BCUT2D eigenvalue weighted by molar-refractivity contribution is 7.89. The second kappa shape index (κ2) is 6.84. The lowest BCUT2D eigenvalue weighted by atomic mass is 10.2. The van der Waals surface area contributed by atoms with Crippen LogP contribution in [0.15, 0.2) is 47.4 Å². The van der Waals surface area contributed by atoms with E-state index in [-0.39, 0.29) is 15.5 Å². The zero-order valence-corrected chi connectivity index (χ0v) is 13.7. The highest BCUT2D eigenvalue weighted by atomic mass is 35.5. The summed E-state index contributed by atoms with van der Waals surface area (Å²) in [6.45, 7) is 0. The molecule has 118 valence electrons. The number of benzene rings is 2. The molecule has 0 heterocycles. The van der Waals surface area contributed by atoms with Crippen LogP contribution in [0.5, 0.6) is 0 Å². The molecular weight excluding hydrogens is 336 g/mol. The molecule has 0 atom stereocenters. The summed E-state index contributed by atoms with van der Waals surface area (Å²) >= 11 is 6.00. The third-order valence-electron chi connectivity index (χ3n) is 3.05. The average Bonchev–Trinajstić information content (AvgIpc) is 2.55. The minimum absolute atomic E-state index is 0.0491. The number of anilines is 1. The number of terminal acetylenes is 1. The number of amides is 1. The second-order valence-corrected chi connectivity index (χ2v) is 6.82. The molecule has 0 aromatic heterocycles. The molecule has 2 rings (SSSR count). The third-order valence-corrected chi connectivity index (χ3v) is 4.79. The van der Waals surface area contributed by atoms with E-state index in [9.17, 15) is 13.2 Å². The number of halogens is 1. The second-order valence-electron chi connectivity index (χ2n) is 4.53. The molecule has 0 unspecified atom stereocenters. The maximum Gasteiger partial charge on any atom is 0.257 e. The predicted molar refractivity (Wildman–Crippen MR) is 90.0 cm³/mol. The maximum absolute atomic E-state index is 12.3. The molecule has 5 nitrogen and oxygen atoms in total. The summed E-state index contributed by atoms with van der Waals surface area (Å²) in [6.07, 6.45) is 5.31. The van der Waals surface area contributed by atoms with E-state index < -0.39 is 15.9 Å². The molecule has 0 aliphatic rings. The van der Waals surface area contributed by atoms with Gasteiger partial charge in [-0.3, -0.25) is 4.79 Å². The number of rotatable bonds is 4. The smallest absolute Gasteiger partial charge is 0.257 e. The summed E-state index contributed by atoms with van der Waals surface area (Å²) < 4.78 is 25.8. The average molecular weight is 349 g/mol. The molecule has 23 heavy (non-hydrogen) atoms. The molecule has 2 aromatic rings. The fourth-order valence-electron chi connectivity index (χ4n) is 1.85. The Hall–Kier alpha value is -2.33. The first kappa shape index (κ1) is 17.0. The van der Waals surface area contributed by atoms with E-state index in [1.807, 2.05) is 0 Å². The van der Waals surface area contributed by atoms with Crippen LogP contribution in [-0.2, 0) is 10.0 Å². The van der Waals surface area contributed by atoms with Crippen LogP contribution in [0.1, 0.15) is 15.9 Å². The molecule has 0 spiro atoms. The van der Waals surface area contributed by atoms with Gasteiger partial charge in [0.1, 0.15) is 0 Å². The van der Waals surface area contributed by atoms with Crippen LogP contribution in [0.25, 0.3) is 0 Å². The van der Waals surface area contributed by atoms with Gasteiger partial charge in [0.2, 0.25) is 10.0 Å². The van der Waals surface area contributed by atoms with Crippen molar-refractivity contribution in [2.75, 3.05) is 12.4 Å². The van der Waals surface area contributed by atoms with E-state index in [4.69, 9.17) is 18.0 Å². The summed E-state index contributed by atoms with van der Waals surface area (Å²) in [6, 6.07) is 10.6. The van der Waals surface area contributed by atoms with Crippen molar-refractivity contribution < 1.29 is 13.2 Å². The van der Waals surface area contributed by atoms with Gasteiger partial charge < -0.3 is 5.32 Å². The number of carbonyl (C=O) groups is 1. The van der Waals surface area contributed by atoms with Crippen LogP contribution in [0, 0.1) is 12.3 Å². The van der Waals surface area contributed by atoms with Crippen molar-refractivity contribution in [2.24, 2.45) is 0 Å². The van der Waals surface area contributed by atoms with Gasteiger partial charge in [0.15, 0.2) is 0 Å². The number of nitrogens with one attached hydrogen (secondary N) is 2. The minimum Gasteiger partial charge on any atom is -0.322 e. The summed E-state index contributed by atoms with van der Waals surface area (Å²) in [5.41, 5.74) is 1.15. The third kappa shape index (κ3) is 3.90. The Morgan fingerprint density at radius 1 is 1.22 bits per heavy atom. The fraction of sp³-hybridized carbons (Fsp3) is 0.0625. The zero-order valence-electron chi connectivity index (χ0n) is 12.1. The van der Waals surface area contributed by atoms with Crippen LogP contribution < -0.4 is 10.0 Å². The Morgan fingerprint density at radius 3 is 2.61 bits per heavy atom. The zero-order chi connectivity index (χ0) is 17.0. The van der Waals surface area contributed by atoms with E-state index >= 15 is 0 Å². The van der Waals surface area contributed by atoms with E-state index in [0.29, 0.717) is 11.3 Å². The molecule has 0 aliphatic heterocycles. The van der Waals surface area contributed by atoms with Crippen molar-refractivity contribution >= 4 is 33.2 Å². The molecule has 0 saturated carbocycles. The molecule has 7 heteroatoms. The van der Waals surface area contributed by atoms with Crippen LogP contribution >= 0.6 is 11.6 Å². The lowest BCUT2D eigenvalue weighted by Crippen LogP contribution is -2.20. The number of carbonyl (C=O) groups excluding carboxylic acids is 1. The van der Waals surface area contributed by atoms with Gasteiger partial charge in [-0.2, -0.15) is 0 Å². The highest BCUT2D eigenvalue weighted by Gasteiger charge is 2.17. The lowest BCUT2D eigenvalue weighted by Gasteiger charge is -2.09. The van der Waals surface area contributed by atoms with Gasteiger partial charge in [-0.25, -0.2) is 13.1 Å². The summed E-state index contributed by atoms with van der Waals surface area (Å²) in [5.74, 6) is 1.93. The highest BCUT2D eigenvalue weighted by Crippen LogP contribution is 2.22. The van der Waals surface area contributed by atoms with Crippen molar-refractivity contribution in [3.8, 4) is 12.3 Å². The van der Waals surface area contributed by atoms with Gasteiger partial charge in [-0.15, -0.1) is 6.42 Å². The monoisotopic (exact) mass is 348 g/mol. The maximum atomic E-state index is 12.3. The number of hydrogen-bond donors (Lipinski definition) is 2. The van der Waals surface area contributed by atoms with Crippen molar-refractivity contribution in [1.82, 2.24) is 4.72 Å².